The number of carboxylic acids is 1. The number of aromatic carboxylic acids is 1. The van der Waals surface area contributed by atoms with Crippen molar-refractivity contribution in [2.24, 2.45) is 0 Å². The molecule has 0 atom stereocenters. The fourth-order valence-corrected chi connectivity index (χ4v) is 2.79. The maximum atomic E-state index is 12.7. The number of halogens is 1. The highest BCUT2D eigenvalue weighted by atomic mass is 35.5. The number of imide groups is 1. The Morgan fingerprint density at radius 3 is 2.48 bits per heavy atom. The molecule has 2 aromatic carbocycles. The zero-order valence-corrected chi connectivity index (χ0v) is 15.0. The maximum absolute atomic E-state index is 12.7. The van der Waals surface area contributed by atoms with Crippen molar-refractivity contribution in [3.05, 3.63) is 64.8 Å². The first-order chi connectivity index (χ1) is 12.9. The third-order valence-electron chi connectivity index (χ3n) is 3.81. The van der Waals surface area contributed by atoms with Crippen molar-refractivity contribution in [1.82, 2.24) is 0 Å². The lowest BCUT2D eigenvalue weighted by Gasteiger charge is -2.15. The second-order valence-corrected chi connectivity index (χ2v) is 5.95. The van der Waals surface area contributed by atoms with Crippen LogP contribution in [0.3, 0.4) is 0 Å². The summed E-state index contributed by atoms with van der Waals surface area (Å²) in [6, 6.07) is 12.3. The lowest BCUT2D eigenvalue weighted by Crippen LogP contribution is -2.32. The maximum Gasteiger partial charge on any atom is 0.335 e. The van der Waals surface area contributed by atoms with E-state index in [1.807, 2.05) is 6.92 Å². The van der Waals surface area contributed by atoms with E-state index in [-0.39, 0.29) is 16.3 Å². The average Bonchev–Trinajstić information content (AvgIpc) is 2.86. The number of benzene rings is 2. The Bertz CT molecular complexity index is 953. The zero-order valence-electron chi connectivity index (χ0n) is 14.2. The SMILES string of the molecule is CCOc1ccc(N2C(=O)C(Cl)=C(Nc3cccc(C(=O)O)c3)C2=O)cc1. The monoisotopic (exact) mass is 386 g/mol. The standard InChI is InChI=1S/C19H15ClN2O5/c1-2-27-14-8-6-13(7-9-14)22-17(23)15(20)16(18(22)24)21-12-5-3-4-11(10-12)19(25)26/h3-10,21H,2H2,1H3,(H,25,26). The molecule has 0 fully saturated rings. The molecule has 2 aromatic rings. The van der Waals surface area contributed by atoms with Crippen molar-refractivity contribution in [2.45, 2.75) is 6.92 Å². The Hall–Kier alpha value is -3.32. The summed E-state index contributed by atoms with van der Waals surface area (Å²) >= 11 is 6.07. The lowest BCUT2D eigenvalue weighted by molar-refractivity contribution is -0.120. The number of carbonyl (C=O) groups excluding carboxylic acids is 2. The van der Waals surface area contributed by atoms with Gasteiger partial charge in [0.2, 0.25) is 0 Å². The Labute approximate surface area is 159 Å². The summed E-state index contributed by atoms with van der Waals surface area (Å²) in [5.41, 5.74) is 0.607. The van der Waals surface area contributed by atoms with Gasteiger partial charge in [0.1, 0.15) is 16.5 Å². The van der Waals surface area contributed by atoms with Crippen LogP contribution in [-0.4, -0.2) is 29.5 Å². The number of anilines is 2. The molecule has 0 aromatic heterocycles. The number of carbonyl (C=O) groups is 3. The second-order valence-electron chi connectivity index (χ2n) is 5.57. The van der Waals surface area contributed by atoms with E-state index in [0.717, 1.165) is 4.90 Å². The zero-order chi connectivity index (χ0) is 19.6. The van der Waals surface area contributed by atoms with Crippen LogP contribution in [0, 0.1) is 0 Å². The van der Waals surface area contributed by atoms with Crippen LogP contribution in [0.1, 0.15) is 17.3 Å². The first kappa shape index (κ1) is 18.5. The van der Waals surface area contributed by atoms with Crippen LogP contribution in [0.5, 0.6) is 5.75 Å². The van der Waals surface area contributed by atoms with Gasteiger partial charge in [0.05, 0.1) is 17.9 Å². The molecule has 0 saturated carbocycles. The van der Waals surface area contributed by atoms with Crippen LogP contribution >= 0.6 is 11.6 Å². The summed E-state index contributed by atoms with van der Waals surface area (Å²) < 4.78 is 5.34. The molecule has 1 aliphatic rings. The van der Waals surface area contributed by atoms with E-state index in [2.05, 4.69) is 5.32 Å². The van der Waals surface area contributed by atoms with Gasteiger partial charge in [-0.05, 0) is 49.4 Å². The van der Waals surface area contributed by atoms with E-state index in [4.69, 9.17) is 21.4 Å². The normalized spacial score (nSPS) is 13.9. The van der Waals surface area contributed by atoms with Gasteiger partial charge >= 0.3 is 5.97 Å². The van der Waals surface area contributed by atoms with Gasteiger partial charge in [-0.3, -0.25) is 9.59 Å². The van der Waals surface area contributed by atoms with Gasteiger partial charge in [-0.25, -0.2) is 9.69 Å². The molecule has 0 aliphatic carbocycles. The highest BCUT2D eigenvalue weighted by molar-refractivity contribution is 6.53. The van der Waals surface area contributed by atoms with Gasteiger partial charge in [-0.2, -0.15) is 0 Å². The minimum absolute atomic E-state index is 0.0388. The molecule has 0 bridgehead atoms. The number of carboxylic acid groups (broad SMARTS) is 1. The Morgan fingerprint density at radius 2 is 1.85 bits per heavy atom. The number of nitrogens with one attached hydrogen (secondary N) is 1. The molecule has 1 aliphatic heterocycles. The molecule has 7 nitrogen and oxygen atoms in total. The molecule has 8 heteroatoms. The van der Waals surface area contributed by atoms with Gasteiger partial charge in [0, 0.05) is 5.69 Å². The van der Waals surface area contributed by atoms with Crippen LogP contribution < -0.4 is 15.0 Å². The summed E-state index contributed by atoms with van der Waals surface area (Å²) in [6.45, 7) is 2.35. The summed E-state index contributed by atoms with van der Waals surface area (Å²) in [5, 5.41) is 11.5. The van der Waals surface area contributed by atoms with E-state index in [0.29, 0.717) is 23.7 Å². The molecule has 2 N–H and O–H groups in total. The van der Waals surface area contributed by atoms with E-state index < -0.39 is 17.8 Å². The summed E-state index contributed by atoms with van der Waals surface area (Å²) in [4.78, 5) is 37.2. The first-order valence-corrected chi connectivity index (χ1v) is 8.42. The van der Waals surface area contributed by atoms with Gasteiger partial charge < -0.3 is 15.2 Å². The molecule has 27 heavy (non-hydrogen) atoms. The largest absolute Gasteiger partial charge is 0.494 e. The minimum Gasteiger partial charge on any atom is -0.494 e. The first-order valence-electron chi connectivity index (χ1n) is 8.04. The van der Waals surface area contributed by atoms with E-state index in [9.17, 15) is 14.4 Å². The molecule has 0 spiro atoms. The molecule has 1 heterocycles. The van der Waals surface area contributed by atoms with Crippen LogP contribution in [0.15, 0.2) is 59.3 Å². The summed E-state index contributed by atoms with van der Waals surface area (Å²) in [7, 11) is 0. The third-order valence-corrected chi connectivity index (χ3v) is 4.16. The fourth-order valence-electron chi connectivity index (χ4n) is 2.58. The summed E-state index contributed by atoms with van der Waals surface area (Å²) in [6.07, 6.45) is 0. The van der Waals surface area contributed by atoms with Crippen LogP contribution in [-0.2, 0) is 9.59 Å². The van der Waals surface area contributed by atoms with E-state index in [1.165, 1.54) is 18.2 Å². The minimum atomic E-state index is -1.11. The number of rotatable bonds is 6. The number of amides is 2. The highest BCUT2D eigenvalue weighted by Gasteiger charge is 2.39. The van der Waals surface area contributed by atoms with Crippen LogP contribution in [0.4, 0.5) is 11.4 Å². The number of ether oxygens (including phenoxy) is 1. The smallest absolute Gasteiger partial charge is 0.335 e. The Morgan fingerprint density at radius 1 is 1.15 bits per heavy atom. The topological polar surface area (TPSA) is 95.9 Å². The summed E-state index contributed by atoms with van der Waals surface area (Å²) in [5.74, 6) is -1.79. The fraction of sp³-hybridized carbons (Fsp3) is 0.105. The van der Waals surface area contributed by atoms with Crippen molar-refractivity contribution < 1.29 is 24.2 Å². The van der Waals surface area contributed by atoms with Gasteiger partial charge in [-0.1, -0.05) is 17.7 Å². The molecule has 3 rings (SSSR count). The number of nitrogens with zero attached hydrogens (tertiary/aromatic N) is 1. The van der Waals surface area contributed by atoms with Crippen molar-refractivity contribution in [3.63, 3.8) is 0 Å². The molecule has 2 amide bonds. The molecule has 0 saturated heterocycles. The predicted octanol–water partition coefficient (Wildman–Crippen LogP) is 3.22. The van der Waals surface area contributed by atoms with Crippen molar-refractivity contribution in [1.29, 1.82) is 0 Å². The quantitative estimate of drug-likeness (QED) is 0.740. The van der Waals surface area contributed by atoms with Crippen molar-refractivity contribution in [2.75, 3.05) is 16.8 Å². The molecule has 138 valence electrons. The highest BCUT2D eigenvalue weighted by Crippen LogP contribution is 2.31. The van der Waals surface area contributed by atoms with Crippen LogP contribution in [0.25, 0.3) is 0 Å². The van der Waals surface area contributed by atoms with Gasteiger partial charge in [0.25, 0.3) is 11.8 Å². The second kappa shape index (κ2) is 7.51. The molecule has 0 radical (unpaired) electrons. The molecule has 0 unspecified atom stereocenters. The number of hydrogen-bond donors (Lipinski definition) is 2. The van der Waals surface area contributed by atoms with Crippen molar-refractivity contribution >= 4 is 40.8 Å². The van der Waals surface area contributed by atoms with Gasteiger partial charge in [0.15, 0.2) is 0 Å². The molecular formula is C19H15ClN2O5. The predicted molar refractivity (Wildman–Crippen MR) is 100 cm³/mol. The average molecular weight is 387 g/mol. The van der Waals surface area contributed by atoms with E-state index in [1.54, 1.807) is 30.3 Å². The Balaban J connectivity index is 1.85. The van der Waals surface area contributed by atoms with E-state index >= 15 is 0 Å². The Kier molecular flexibility index (Phi) is 5.14. The number of hydrogen-bond acceptors (Lipinski definition) is 5. The van der Waals surface area contributed by atoms with Crippen molar-refractivity contribution in [3.8, 4) is 5.75 Å². The van der Waals surface area contributed by atoms with Crippen LogP contribution in [0.2, 0.25) is 0 Å². The third kappa shape index (κ3) is 3.63. The lowest BCUT2D eigenvalue weighted by atomic mass is 10.2. The van der Waals surface area contributed by atoms with Gasteiger partial charge in [-0.15, -0.1) is 0 Å². The molecular weight excluding hydrogens is 372 g/mol.